The second-order valence-corrected chi connectivity index (χ2v) is 5.30. The summed E-state index contributed by atoms with van der Waals surface area (Å²) in [7, 11) is 0. The molecular weight excluding hydrogens is 268 g/mol. The third-order valence-corrected chi connectivity index (χ3v) is 3.83. The fourth-order valence-corrected chi connectivity index (χ4v) is 2.73. The van der Waals surface area contributed by atoms with E-state index in [-0.39, 0.29) is 5.56 Å². The largest absolute Gasteiger partial charge is 0.295 e. The molecule has 0 radical (unpaired) electrons. The zero-order chi connectivity index (χ0) is 14.7. The number of rotatable bonds is 3. The molecule has 0 N–H and O–H groups in total. The SMILES string of the molecule is Fc1cccc(F)c1C1=CCN(Cc2ccccc2)CC1. The maximum atomic E-state index is 13.8. The average molecular weight is 285 g/mol. The molecule has 0 saturated carbocycles. The number of nitrogens with zero attached hydrogens (tertiary/aromatic N) is 1. The fourth-order valence-electron chi connectivity index (χ4n) is 2.73. The lowest BCUT2D eigenvalue weighted by molar-refractivity contribution is 0.293. The summed E-state index contributed by atoms with van der Waals surface area (Å²) >= 11 is 0. The molecule has 3 rings (SSSR count). The number of hydrogen-bond donors (Lipinski definition) is 0. The molecule has 108 valence electrons. The third-order valence-electron chi connectivity index (χ3n) is 3.83. The van der Waals surface area contributed by atoms with Gasteiger partial charge in [0.05, 0.1) is 0 Å². The van der Waals surface area contributed by atoms with E-state index in [1.807, 2.05) is 24.3 Å². The number of hydrogen-bond acceptors (Lipinski definition) is 1. The average Bonchev–Trinajstić information content (AvgIpc) is 2.50. The minimum atomic E-state index is -0.474. The van der Waals surface area contributed by atoms with Crippen molar-refractivity contribution in [2.24, 2.45) is 0 Å². The first-order valence-corrected chi connectivity index (χ1v) is 7.14. The first-order chi connectivity index (χ1) is 10.2. The van der Waals surface area contributed by atoms with E-state index < -0.39 is 11.6 Å². The fraction of sp³-hybridized carbons (Fsp3) is 0.222. The Morgan fingerprint density at radius 1 is 0.905 bits per heavy atom. The van der Waals surface area contributed by atoms with Gasteiger partial charge in [-0.2, -0.15) is 0 Å². The highest BCUT2D eigenvalue weighted by molar-refractivity contribution is 5.67. The van der Waals surface area contributed by atoms with E-state index in [9.17, 15) is 8.78 Å². The lowest BCUT2D eigenvalue weighted by Gasteiger charge is -2.26. The molecule has 0 aromatic heterocycles. The van der Waals surface area contributed by atoms with E-state index in [1.165, 1.54) is 23.8 Å². The van der Waals surface area contributed by atoms with E-state index in [0.717, 1.165) is 25.2 Å². The summed E-state index contributed by atoms with van der Waals surface area (Å²) in [5.41, 5.74) is 2.16. The number of halogens is 2. The second kappa shape index (κ2) is 6.19. The normalized spacial score (nSPS) is 15.8. The molecule has 1 heterocycles. The van der Waals surface area contributed by atoms with Gasteiger partial charge in [0, 0.05) is 25.2 Å². The first kappa shape index (κ1) is 14.0. The predicted octanol–water partition coefficient (Wildman–Crippen LogP) is 4.25. The summed E-state index contributed by atoms with van der Waals surface area (Å²) < 4.78 is 27.6. The minimum absolute atomic E-state index is 0.136. The third kappa shape index (κ3) is 3.19. The van der Waals surface area contributed by atoms with Crippen molar-refractivity contribution in [2.75, 3.05) is 13.1 Å². The van der Waals surface area contributed by atoms with Gasteiger partial charge in [-0.25, -0.2) is 8.78 Å². The molecule has 0 fully saturated rings. The van der Waals surface area contributed by atoms with Gasteiger partial charge in [-0.05, 0) is 29.7 Å². The zero-order valence-corrected chi connectivity index (χ0v) is 11.7. The first-order valence-electron chi connectivity index (χ1n) is 7.14. The van der Waals surface area contributed by atoms with Crippen LogP contribution in [0.4, 0.5) is 8.78 Å². The molecule has 0 bridgehead atoms. The molecule has 0 amide bonds. The Morgan fingerprint density at radius 2 is 1.62 bits per heavy atom. The molecule has 2 aromatic carbocycles. The summed E-state index contributed by atoms with van der Waals surface area (Å²) in [4.78, 5) is 2.28. The molecule has 21 heavy (non-hydrogen) atoms. The molecule has 1 nitrogen and oxygen atoms in total. The van der Waals surface area contributed by atoms with Gasteiger partial charge in [-0.1, -0.05) is 42.5 Å². The highest BCUT2D eigenvalue weighted by atomic mass is 19.1. The van der Waals surface area contributed by atoms with Crippen molar-refractivity contribution < 1.29 is 8.78 Å². The summed E-state index contributed by atoms with van der Waals surface area (Å²) in [6.07, 6.45) is 2.61. The van der Waals surface area contributed by atoms with Crippen molar-refractivity contribution in [3.8, 4) is 0 Å². The van der Waals surface area contributed by atoms with Gasteiger partial charge in [0.25, 0.3) is 0 Å². The van der Waals surface area contributed by atoms with E-state index >= 15 is 0 Å². The molecule has 0 saturated heterocycles. The lowest BCUT2D eigenvalue weighted by atomic mass is 9.98. The molecule has 1 aliphatic heterocycles. The topological polar surface area (TPSA) is 3.24 Å². The number of benzene rings is 2. The van der Waals surface area contributed by atoms with Crippen LogP contribution in [0, 0.1) is 11.6 Å². The monoisotopic (exact) mass is 285 g/mol. The smallest absolute Gasteiger partial charge is 0.133 e. The lowest BCUT2D eigenvalue weighted by Crippen LogP contribution is -2.28. The molecule has 1 aliphatic rings. The molecule has 0 unspecified atom stereocenters. The van der Waals surface area contributed by atoms with Crippen LogP contribution in [-0.2, 0) is 6.54 Å². The second-order valence-electron chi connectivity index (χ2n) is 5.30. The molecular formula is C18H17F2N. The predicted molar refractivity (Wildman–Crippen MR) is 80.7 cm³/mol. The van der Waals surface area contributed by atoms with Crippen LogP contribution in [0.5, 0.6) is 0 Å². The van der Waals surface area contributed by atoms with Gasteiger partial charge in [-0.3, -0.25) is 4.90 Å². The Balaban J connectivity index is 1.72. The van der Waals surface area contributed by atoms with Crippen molar-refractivity contribution in [1.82, 2.24) is 4.90 Å². The summed E-state index contributed by atoms with van der Waals surface area (Å²) in [6, 6.07) is 14.3. The summed E-state index contributed by atoms with van der Waals surface area (Å²) in [6.45, 7) is 2.40. The maximum Gasteiger partial charge on any atom is 0.133 e. The van der Waals surface area contributed by atoms with E-state index in [0.29, 0.717) is 6.42 Å². The van der Waals surface area contributed by atoms with Crippen LogP contribution in [0.3, 0.4) is 0 Å². The van der Waals surface area contributed by atoms with Gasteiger partial charge in [0.15, 0.2) is 0 Å². The molecule has 0 spiro atoms. The van der Waals surface area contributed by atoms with E-state index in [1.54, 1.807) is 0 Å². The van der Waals surface area contributed by atoms with Crippen LogP contribution in [0.25, 0.3) is 5.57 Å². The van der Waals surface area contributed by atoms with Crippen LogP contribution in [0.1, 0.15) is 17.5 Å². The van der Waals surface area contributed by atoms with Crippen LogP contribution in [0.15, 0.2) is 54.6 Å². The highest BCUT2D eigenvalue weighted by Crippen LogP contribution is 2.27. The van der Waals surface area contributed by atoms with Gasteiger partial charge >= 0.3 is 0 Å². The molecule has 3 heteroatoms. The quantitative estimate of drug-likeness (QED) is 0.814. The van der Waals surface area contributed by atoms with Gasteiger partial charge in [0.2, 0.25) is 0 Å². The Hall–Kier alpha value is -2.00. The van der Waals surface area contributed by atoms with Gasteiger partial charge in [-0.15, -0.1) is 0 Å². The van der Waals surface area contributed by atoms with Crippen molar-refractivity contribution >= 4 is 5.57 Å². The van der Waals surface area contributed by atoms with Gasteiger partial charge in [0.1, 0.15) is 11.6 Å². The Bertz CT molecular complexity index is 629. The Labute approximate surface area is 123 Å². The van der Waals surface area contributed by atoms with Crippen LogP contribution >= 0.6 is 0 Å². The summed E-state index contributed by atoms with van der Waals surface area (Å²) in [5, 5.41) is 0. The van der Waals surface area contributed by atoms with Crippen molar-refractivity contribution in [3.05, 3.63) is 77.4 Å². The van der Waals surface area contributed by atoms with E-state index in [4.69, 9.17) is 0 Å². The van der Waals surface area contributed by atoms with Crippen molar-refractivity contribution in [3.63, 3.8) is 0 Å². The van der Waals surface area contributed by atoms with Gasteiger partial charge < -0.3 is 0 Å². The summed E-state index contributed by atoms with van der Waals surface area (Å²) in [5.74, 6) is -0.949. The molecule has 0 atom stereocenters. The molecule has 2 aromatic rings. The zero-order valence-electron chi connectivity index (χ0n) is 11.7. The van der Waals surface area contributed by atoms with E-state index in [2.05, 4.69) is 17.0 Å². The molecule has 0 aliphatic carbocycles. The highest BCUT2D eigenvalue weighted by Gasteiger charge is 2.18. The maximum absolute atomic E-state index is 13.8. The van der Waals surface area contributed by atoms with Crippen LogP contribution in [0.2, 0.25) is 0 Å². The van der Waals surface area contributed by atoms with Crippen molar-refractivity contribution in [1.29, 1.82) is 0 Å². The Morgan fingerprint density at radius 3 is 2.24 bits per heavy atom. The van der Waals surface area contributed by atoms with Crippen LogP contribution in [-0.4, -0.2) is 18.0 Å². The van der Waals surface area contributed by atoms with Crippen LogP contribution < -0.4 is 0 Å². The van der Waals surface area contributed by atoms with Crippen molar-refractivity contribution in [2.45, 2.75) is 13.0 Å². The standard InChI is InChI=1S/C18H17F2N/c19-16-7-4-8-17(20)18(16)15-9-11-21(12-10-15)13-14-5-2-1-3-6-14/h1-9H,10-13H2. The Kier molecular flexibility index (Phi) is 4.11. The minimum Gasteiger partial charge on any atom is -0.295 e.